The second-order valence-corrected chi connectivity index (χ2v) is 9.13. The molecule has 1 aliphatic rings. The molecule has 0 unspecified atom stereocenters. The first-order valence-corrected chi connectivity index (χ1v) is 12.1. The average Bonchev–Trinajstić information content (AvgIpc) is 2.86. The van der Waals surface area contributed by atoms with Crippen LogP contribution in [0.5, 0.6) is 0 Å². The molecule has 178 valence electrons. The Morgan fingerprint density at radius 1 is 1.00 bits per heavy atom. The first-order valence-electron chi connectivity index (χ1n) is 10.5. The second kappa shape index (κ2) is 10.2. The number of para-hydroxylation sites is 2. The standard InChI is InChI=1S/C25H21N3O6S/c29-23-16-28(22-12-5-4-11-21(22)26-23)24(30)17-34-25(31)19-9-6-10-20(15-19)27-35(32,33)14-13-18-7-2-1-3-8-18/h1-15,27H,16-17H2,(H,26,29). The van der Waals surface area contributed by atoms with Gasteiger partial charge >= 0.3 is 5.97 Å². The molecule has 0 aliphatic carbocycles. The Balaban J connectivity index is 1.39. The van der Waals surface area contributed by atoms with Gasteiger partial charge in [-0.1, -0.05) is 48.5 Å². The van der Waals surface area contributed by atoms with Crippen molar-refractivity contribution in [3.05, 3.63) is 95.4 Å². The number of nitrogens with zero attached hydrogens (tertiary/aromatic N) is 1. The molecule has 35 heavy (non-hydrogen) atoms. The van der Waals surface area contributed by atoms with Gasteiger partial charge < -0.3 is 10.1 Å². The van der Waals surface area contributed by atoms with Crippen LogP contribution >= 0.6 is 0 Å². The fourth-order valence-electron chi connectivity index (χ4n) is 3.38. The summed E-state index contributed by atoms with van der Waals surface area (Å²) in [4.78, 5) is 38.3. The van der Waals surface area contributed by atoms with E-state index in [4.69, 9.17) is 4.74 Å². The van der Waals surface area contributed by atoms with Crippen LogP contribution in [-0.4, -0.2) is 39.4 Å². The quantitative estimate of drug-likeness (QED) is 0.490. The Bertz CT molecular complexity index is 1400. The number of ether oxygens (including phenoxy) is 1. The maximum atomic E-state index is 12.7. The van der Waals surface area contributed by atoms with Crippen LogP contribution in [-0.2, 0) is 24.3 Å². The Morgan fingerprint density at radius 2 is 1.74 bits per heavy atom. The van der Waals surface area contributed by atoms with Crippen LogP contribution in [0.3, 0.4) is 0 Å². The predicted molar refractivity (Wildman–Crippen MR) is 132 cm³/mol. The monoisotopic (exact) mass is 491 g/mol. The first-order chi connectivity index (χ1) is 16.8. The zero-order valence-corrected chi connectivity index (χ0v) is 19.2. The van der Waals surface area contributed by atoms with Crippen LogP contribution in [0, 0.1) is 0 Å². The smallest absolute Gasteiger partial charge is 0.338 e. The van der Waals surface area contributed by atoms with Gasteiger partial charge in [-0.15, -0.1) is 0 Å². The number of anilines is 3. The molecule has 4 rings (SSSR count). The fraction of sp³-hybridized carbons (Fsp3) is 0.0800. The van der Waals surface area contributed by atoms with Gasteiger partial charge in [0.05, 0.1) is 22.3 Å². The molecule has 0 atom stereocenters. The molecule has 0 spiro atoms. The third-order valence-corrected chi connectivity index (χ3v) is 6.01. The summed E-state index contributed by atoms with van der Waals surface area (Å²) in [5.41, 5.74) is 1.93. The Hall–Kier alpha value is -4.44. The van der Waals surface area contributed by atoms with E-state index in [-0.39, 0.29) is 23.7 Å². The van der Waals surface area contributed by atoms with Crippen molar-refractivity contribution in [2.45, 2.75) is 0 Å². The third kappa shape index (κ3) is 6.12. The SMILES string of the molecule is O=C1CN(C(=O)COC(=O)c2cccc(NS(=O)(=O)C=Cc3ccccc3)c2)c2ccccc2N1. The molecule has 0 saturated heterocycles. The molecular weight excluding hydrogens is 470 g/mol. The van der Waals surface area contributed by atoms with Crippen molar-refractivity contribution in [1.29, 1.82) is 0 Å². The van der Waals surface area contributed by atoms with Crippen LogP contribution in [0.1, 0.15) is 15.9 Å². The number of fused-ring (bicyclic) bond motifs is 1. The lowest BCUT2D eigenvalue weighted by atomic mass is 10.2. The molecular formula is C25H21N3O6S. The molecule has 1 aliphatic heterocycles. The van der Waals surface area contributed by atoms with E-state index in [2.05, 4.69) is 10.0 Å². The summed E-state index contributed by atoms with van der Waals surface area (Å²) in [6.45, 7) is -0.780. The molecule has 10 heteroatoms. The average molecular weight is 492 g/mol. The van der Waals surface area contributed by atoms with E-state index in [0.29, 0.717) is 16.9 Å². The van der Waals surface area contributed by atoms with Gasteiger partial charge in [0.15, 0.2) is 6.61 Å². The van der Waals surface area contributed by atoms with Crippen LogP contribution in [0.15, 0.2) is 84.3 Å². The van der Waals surface area contributed by atoms with Gasteiger partial charge in [0, 0.05) is 5.69 Å². The summed E-state index contributed by atoms with van der Waals surface area (Å²) < 4.78 is 32.3. The molecule has 0 radical (unpaired) electrons. The van der Waals surface area contributed by atoms with E-state index < -0.39 is 28.5 Å². The molecule has 0 saturated carbocycles. The zero-order chi connectivity index (χ0) is 24.8. The fourth-order valence-corrected chi connectivity index (χ4v) is 4.24. The molecule has 9 nitrogen and oxygen atoms in total. The molecule has 0 fully saturated rings. The number of hydrogen-bond donors (Lipinski definition) is 2. The molecule has 0 aromatic heterocycles. The number of rotatable bonds is 7. The summed E-state index contributed by atoms with van der Waals surface area (Å²) in [5, 5.41) is 3.70. The summed E-state index contributed by atoms with van der Waals surface area (Å²) in [7, 11) is -3.83. The van der Waals surface area contributed by atoms with E-state index in [9.17, 15) is 22.8 Å². The van der Waals surface area contributed by atoms with Gasteiger partial charge in [-0.3, -0.25) is 19.2 Å². The topological polar surface area (TPSA) is 122 Å². The number of carbonyl (C=O) groups is 3. The molecule has 0 bridgehead atoms. The van der Waals surface area contributed by atoms with Crippen LogP contribution in [0.2, 0.25) is 0 Å². The van der Waals surface area contributed by atoms with Gasteiger partial charge in [-0.2, -0.15) is 0 Å². The number of esters is 1. The summed E-state index contributed by atoms with van der Waals surface area (Å²) in [6.07, 6.45) is 1.45. The maximum absolute atomic E-state index is 12.7. The van der Waals surface area contributed by atoms with Crippen molar-refractivity contribution in [1.82, 2.24) is 0 Å². The highest BCUT2D eigenvalue weighted by Gasteiger charge is 2.27. The van der Waals surface area contributed by atoms with Crippen molar-refractivity contribution in [2.24, 2.45) is 0 Å². The molecule has 2 amide bonds. The highest BCUT2D eigenvalue weighted by Crippen LogP contribution is 2.28. The maximum Gasteiger partial charge on any atom is 0.338 e. The van der Waals surface area contributed by atoms with Crippen molar-refractivity contribution >= 4 is 50.9 Å². The van der Waals surface area contributed by atoms with Crippen LogP contribution in [0.4, 0.5) is 17.1 Å². The number of sulfonamides is 1. The minimum absolute atomic E-state index is 0.0572. The van der Waals surface area contributed by atoms with E-state index in [1.807, 2.05) is 6.07 Å². The van der Waals surface area contributed by atoms with Gasteiger partial charge in [0.2, 0.25) is 5.91 Å². The molecule has 3 aromatic rings. The van der Waals surface area contributed by atoms with Crippen LogP contribution < -0.4 is 14.9 Å². The van der Waals surface area contributed by atoms with E-state index in [1.165, 1.54) is 35.2 Å². The van der Waals surface area contributed by atoms with Gasteiger partial charge in [-0.25, -0.2) is 13.2 Å². The molecule has 2 N–H and O–H groups in total. The number of amides is 2. The summed E-state index contributed by atoms with van der Waals surface area (Å²) in [6, 6.07) is 21.4. The lowest BCUT2D eigenvalue weighted by Crippen LogP contribution is -2.44. The van der Waals surface area contributed by atoms with Gasteiger partial charge in [-0.05, 0) is 42.0 Å². The highest BCUT2D eigenvalue weighted by molar-refractivity contribution is 7.95. The predicted octanol–water partition coefficient (Wildman–Crippen LogP) is 3.24. The number of benzene rings is 3. The molecule has 1 heterocycles. The normalized spacial score (nSPS) is 13.1. The molecule has 3 aromatic carbocycles. The van der Waals surface area contributed by atoms with E-state index >= 15 is 0 Å². The Morgan fingerprint density at radius 3 is 2.54 bits per heavy atom. The lowest BCUT2D eigenvalue weighted by molar-refractivity contribution is -0.124. The minimum atomic E-state index is -3.83. The summed E-state index contributed by atoms with van der Waals surface area (Å²) >= 11 is 0. The Labute approximate surface area is 202 Å². The van der Waals surface area contributed by atoms with Crippen molar-refractivity contribution in [3.63, 3.8) is 0 Å². The van der Waals surface area contributed by atoms with Crippen molar-refractivity contribution in [2.75, 3.05) is 28.1 Å². The highest BCUT2D eigenvalue weighted by atomic mass is 32.2. The van der Waals surface area contributed by atoms with Gasteiger partial charge in [0.25, 0.3) is 15.9 Å². The number of carbonyl (C=O) groups excluding carboxylic acids is 3. The largest absolute Gasteiger partial charge is 0.452 e. The van der Waals surface area contributed by atoms with Crippen molar-refractivity contribution in [3.8, 4) is 0 Å². The third-order valence-electron chi connectivity index (χ3n) is 5.00. The minimum Gasteiger partial charge on any atom is -0.452 e. The number of hydrogen-bond acceptors (Lipinski definition) is 6. The summed E-state index contributed by atoms with van der Waals surface area (Å²) in [5.74, 6) is -1.73. The lowest BCUT2D eigenvalue weighted by Gasteiger charge is -2.28. The van der Waals surface area contributed by atoms with Crippen LogP contribution in [0.25, 0.3) is 6.08 Å². The second-order valence-electron chi connectivity index (χ2n) is 7.56. The number of nitrogens with one attached hydrogen (secondary N) is 2. The Kier molecular flexibility index (Phi) is 6.93. The van der Waals surface area contributed by atoms with Gasteiger partial charge in [0.1, 0.15) is 6.54 Å². The van der Waals surface area contributed by atoms with Crippen molar-refractivity contribution < 1.29 is 27.5 Å². The first kappa shape index (κ1) is 23.7. The van der Waals surface area contributed by atoms with E-state index in [0.717, 1.165) is 5.41 Å². The zero-order valence-electron chi connectivity index (χ0n) is 18.4. The van der Waals surface area contributed by atoms with E-state index in [1.54, 1.807) is 48.5 Å².